The van der Waals surface area contributed by atoms with Crippen LogP contribution in [0.4, 0.5) is 5.69 Å². The number of carbonyl (C=O) groups excluding carboxylic acids is 1. The Hall–Kier alpha value is -2.87. The topological polar surface area (TPSA) is 96.9 Å². The lowest BCUT2D eigenvalue weighted by atomic mass is 9.84. The lowest BCUT2D eigenvalue weighted by Gasteiger charge is -2.27. The van der Waals surface area contributed by atoms with Crippen LogP contribution in [0, 0.1) is 5.41 Å². The smallest absolute Gasteiger partial charge is 0.286 e. The minimum Gasteiger partial charge on any atom is -0.497 e. The van der Waals surface area contributed by atoms with Crippen molar-refractivity contribution in [2.75, 3.05) is 12.4 Å². The number of amidine groups is 1. The molecule has 0 unspecified atom stereocenters. The predicted molar refractivity (Wildman–Crippen MR) is 113 cm³/mol. The predicted octanol–water partition coefficient (Wildman–Crippen LogP) is 3.33. The van der Waals surface area contributed by atoms with Gasteiger partial charge < -0.3 is 15.4 Å². The Balaban J connectivity index is 1.59. The molecule has 0 fully saturated rings. The number of nitrogens with one attached hydrogen (secondary N) is 2. The Bertz CT molecular complexity index is 1030. The van der Waals surface area contributed by atoms with Gasteiger partial charge in [0.2, 0.25) is 5.91 Å². The number of benzene rings is 2. The van der Waals surface area contributed by atoms with E-state index in [1.54, 1.807) is 25.3 Å². The molecule has 0 aliphatic carbocycles. The highest BCUT2D eigenvalue weighted by atomic mass is 32.2. The molecule has 0 saturated carbocycles. The summed E-state index contributed by atoms with van der Waals surface area (Å²) in [5, 5.41) is 5.98. The van der Waals surface area contributed by atoms with Crippen LogP contribution >= 0.6 is 0 Å². The van der Waals surface area contributed by atoms with Crippen molar-refractivity contribution in [3.8, 4) is 5.75 Å². The molecule has 7 nitrogen and oxygen atoms in total. The first-order valence-corrected chi connectivity index (χ1v) is 10.7. The van der Waals surface area contributed by atoms with Crippen LogP contribution in [0.3, 0.4) is 0 Å². The summed E-state index contributed by atoms with van der Waals surface area (Å²) in [6.07, 6.45) is 0.571. The molecule has 154 valence electrons. The van der Waals surface area contributed by atoms with Gasteiger partial charge in [-0.25, -0.2) is 0 Å². The van der Waals surface area contributed by atoms with Crippen molar-refractivity contribution < 1.29 is 17.9 Å². The summed E-state index contributed by atoms with van der Waals surface area (Å²) < 4.78 is 33.8. The van der Waals surface area contributed by atoms with Crippen LogP contribution in [0.5, 0.6) is 5.75 Å². The van der Waals surface area contributed by atoms with E-state index in [2.05, 4.69) is 15.0 Å². The molecule has 3 rings (SSSR count). The van der Waals surface area contributed by atoms with Crippen LogP contribution in [0.15, 0.2) is 57.8 Å². The second kappa shape index (κ2) is 8.24. The van der Waals surface area contributed by atoms with Crippen molar-refractivity contribution >= 4 is 27.5 Å². The van der Waals surface area contributed by atoms with Crippen LogP contribution in [0.25, 0.3) is 0 Å². The third-order valence-corrected chi connectivity index (χ3v) is 5.98. The molecule has 2 aromatic carbocycles. The van der Waals surface area contributed by atoms with E-state index in [0.29, 0.717) is 24.5 Å². The molecule has 1 amide bonds. The molecular formula is C21H25N3O4S. The van der Waals surface area contributed by atoms with Crippen molar-refractivity contribution in [2.45, 2.75) is 38.1 Å². The van der Waals surface area contributed by atoms with Crippen molar-refractivity contribution in [1.82, 2.24) is 5.32 Å². The van der Waals surface area contributed by atoms with Crippen LogP contribution in [-0.2, 0) is 21.4 Å². The van der Waals surface area contributed by atoms with E-state index in [9.17, 15) is 13.2 Å². The lowest BCUT2D eigenvalue weighted by Crippen LogP contribution is -2.32. The molecule has 2 N–H and O–H groups in total. The normalized spacial score (nSPS) is 14.9. The fraction of sp³-hybridized carbons (Fsp3) is 0.333. The standard InChI is InChI=1S/C21H25N3O4S/c1-21(2,13-20(25)22-14-15-8-10-16(28-3)11-9-15)12-19-23-17-6-4-5-7-18(17)29(26,27)24-19/h4-11H,12-14H2,1-3H3,(H,22,25)(H,23,24). The SMILES string of the molecule is COc1ccc(CNC(=O)CC(C)(C)CC2=NS(=O)(=O)c3ccccc3N2)cc1. The Labute approximate surface area is 171 Å². The largest absolute Gasteiger partial charge is 0.497 e. The number of hydrogen-bond acceptors (Lipinski definition) is 5. The highest BCUT2D eigenvalue weighted by Gasteiger charge is 2.29. The molecule has 29 heavy (non-hydrogen) atoms. The Kier molecular flexibility index (Phi) is 5.93. The molecule has 0 spiro atoms. The third-order valence-electron chi connectivity index (χ3n) is 4.61. The van der Waals surface area contributed by atoms with Crippen LogP contribution in [0.2, 0.25) is 0 Å². The van der Waals surface area contributed by atoms with Gasteiger partial charge in [-0.3, -0.25) is 4.79 Å². The summed E-state index contributed by atoms with van der Waals surface area (Å²) >= 11 is 0. The van der Waals surface area contributed by atoms with E-state index in [0.717, 1.165) is 11.3 Å². The van der Waals surface area contributed by atoms with Gasteiger partial charge in [0.15, 0.2) is 0 Å². The molecule has 0 saturated heterocycles. The van der Waals surface area contributed by atoms with Gasteiger partial charge in [-0.15, -0.1) is 4.40 Å². The molecular weight excluding hydrogens is 390 g/mol. The summed E-state index contributed by atoms with van der Waals surface area (Å²) in [5.74, 6) is 1.00. The number of nitrogens with zero attached hydrogens (tertiary/aromatic N) is 1. The van der Waals surface area contributed by atoms with Crippen LogP contribution in [-0.4, -0.2) is 27.3 Å². The zero-order chi connectivity index (χ0) is 21.1. The summed E-state index contributed by atoms with van der Waals surface area (Å²) in [4.78, 5) is 12.6. The first kappa shape index (κ1) is 20.9. The molecule has 2 aromatic rings. The minimum absolute atomic E-state index is 0.106. The Morgan fingerprint density at radius 3 is 2.52 bits per heavy atom. The number of para-hydroxylation sites is 1. The van der Waals surface area contributed by atoms with Gasteiger partial charge in [-0.2, -0.15) is 8.42 Å². The highest BCUT2D eigenvalue weighted by molar-refractivity contribution is 7.90. The Morgan fingerprint density at radius 1 is 1.14 bits per heavy atom. The Morgan fingerprint density at radius 2 is 1.83 bits per heavy atom. The van der Waals surface area contributed by atoms with E-state index in [1.807, 2.05) is 38.1 Å². The second-order valence-electron chi connectivity index (χ2n) is 7.78. The zero-order valence-electron chi connectivity index (χ0n) is 16.7. The van der Waals surface area contributed by atoms with Crippen molar-refractivity contribution in [2.24, 2.45) is 9.81 Å². The number of fused-ring (bicyclic) bond motifs is 1. The zero-order valence-corrected chi connectivity index (χ0v) is 17.5. The van der Waals surface area contributed by atoms with Gasteiger partial charge in [-0.1, -0.05) is 38.1 Å². The van der Waals surface area contributed by atoms with Gasteiger partial charge in [-0.05, 0) is 35.2 Å². The maximum atomic E-state index is 12.4. The number of ether oxygens (including phenoxy) is 1. The van der Waals surface area contributed by atoms with E-state index in [1.165, 1.54) is 6.07 Å². The summed E-state index contributed by atoms with van der Waals surface area (Å²) in [6.45, 7) is 4.24. The number of sulfonamides is 1. The van der Waals surface area contributed by atoms with Crippen molar-refractivity contribution in [1.29, 1.82) is 0 Å². The summed E-state index contributed by atoms with van der Waals surface area (Å²) in [7, 11) is -2.12. The lowest BCUT2D eigenvalue weighted by molar-refractivity contribution is -0.123. The van der Waals surface area contributed by atoms with E-state index in [4.69, 9.17) is 4.74 Å². The first-order valence-electron chi connectivity index (χ1n) is 9.28. The van der Waals surface area contributed by atoms with Gasteiger partial charge in [0.1, 0.15) is 16.5 Å². The van der Waals surface area contributed by atoms with Crippen LogP contribution < -0.4 is 15.4 Å². The molecule has 0 aromatic heterocycles. The quantitative estimate of drug-likeness (QED) is 0.723. The van der Waals surface area contributed by atoms with Gasteiger partial charge in [0.05, 0.1) is 12.8 Å². The van der Waals surface area contributed by atoms with E-state index >= 15 is 0 Å². The highest BCUT2D eigenvalue weighted by Crippen LogP contribution is 2.32. The number of rotatable bonds is 7. The summed E-state index contributed by atoms with van der Waals surface area (Å²) in [5.41, 5.74) is 1.01. The van der Waals surface area contributed by atoms with Gasteiger partial charge in [0, 0.05) is 19.4 Å². The summed E-state index contributed by atoms with van der Waals surface area (Å²) in [6, 6.07) is 14.1. The molecule has 1 heterocycles. The fourth-order valence-corrected chi connectivity index (χ4v) is 4.35. The number of hydrogen-bond donors (Lipinski definition) is 2. The van der Waals surface area contributed by atoms with E-state index in [-0.39, 0.29) is 17.2 Å². The fourth-order valence-electron chi connectivity index (χ4n) is 3.20. The number of methoxy groups -OCH3 is 1. The van der Waals surface area contributed by atoms with Crippen LogP contribution in [0.1, 0.15) is 32.3 Å². The first-order chi connectivity index (χ1) is 13.7. The van der Waals surface area contributed by atoms with Gasteiger partial charge >= 0.3 is 0 Å². The van der Waals surface area contributed by atoms with Crippen molar-refractivity contribution in [3.63, 3.8) is 0 Å². The van der Waals surface area contributed by atoms with Gasteiger partial charge in [0.25, 0.3) is 10.0 Å². The van der Waals surface area contributed by atoms with Crippen molar-refractivity contribution in [3.05, 3.63) is 54.1 Å². The molecule has 1 aliphatic heterocycles. The maximum Gasteiger partial charge on any atom is 0.286 e. The average molecular weight is 416 g/mol. The number of amides is 1. The average Bonchev–Trinajstić information content (AvgIpc) is 2.65. The maximum absolute atomic E-state index is 12.4. The molecule has 0 bridgehead atoms. The van der Waals surface area contributed by atoms with E-state index < -0.39 is 15.4 Å². The monoisotopic (exact) mass is 415 g/mol. The minimum atomic E-state index is -3.73. The molecule has 0 atom stereocenters. The third kappa shape index (κ3) is 5.35. The molecule has 0 radical (unpaired) electrons. The molecule has 8 heteroatoms. The second-order valence-corrected chi connectivity index (χ2v) is 9.35. The molecule has 1 aliphatic rings. The number of anilines is 1. The number of carbonyl (C=O) groups is 1.